The minimum absolute atomic E-state index is 0.0680. The molecule has 1 saturated heterocycles. The first-order valence-electron chi connectivity index (χ1n) is 4.95. The van der Waals surface area contributed by atoms with Crippen LogP contribution < -0.4 is 5.73 Å². The quantitative estimate of drug-likeness (QED) is 0.429. The van der Waals surface area contributed by atoms with Gasteiger partial charge in [0.2, 0.25) is 11.8 Å². The molecule has 15 heavy (non-hydrogen) atoms. The van der Waals surface area contributed by atoms with E-state index in [0.717, 1.165) is 4.90 Å². The van der Waals surface area contributed by atoms with Crippen molar-refractivity contribution in [2.24, 2.45) is 5.73 Å². The molecule has 1 atom stereocenters. The van der Waals surface area contributed by atoms with Crippen molar-refractivity contribution in [2.75, 3.05) is 26.4 Å². The number of rotatable bonds is 5. The lowest BCUT2D eigenvalue weighted by Crippen LogP contribution is -2.52. The molecule has 0 radical (unpaired) electrons. The standard InChI is InChI=1S/C9H16N2O4/c10-7-1-2-8(13)11(9(7)14)3-5-15-6-4-12/h7,12H,1-6,10H2/t7-/m1/s1. The number of piperidine rings is 1. The fraction of sp³-hybridized carbons (Fsp3) is 0.778. The van der Waals surface area contributed by atoms with E-state index in [1.807, 2.05) is 0 Å². The molecule has 0 aromatic rings. The van der Waals surface area contributed by atoms with E-state index in [2.05, 4.69) is 0 Å². The van der Waals surface area contributed by atoms with Crippen LogP contribution in [0.1, 0.15) is 12.8 Å². The lowest BCUT2D eigenvalue weighted by atomic mass is 10.1. The van der Waals surface area contributed by atoms with E-state index in [9.17, 15) is 9.59 Å². The second kappa shape index (κ2) is 5.79. The fourth-order valence-electron chi connectivity index (χ4n) is 1.42. The zero-order valence-corrected chi connectivity index (χ0v) is 8.52. The number of carbonyl (C=O) groups excluding carboxylic acids is 2. The molecular weight excluding hydrogens is 200 g/mol. The summed E-state index contributed by atoms with van der Waals surface area (Å²) in [6.07, 6.45) is 0.735. The first-order chi connectivity index (χ1) is 7.16. The molecule has 1 heterocycles. The highest BCUT2D eigenvalue weighted by Gasteiger charge is 2.31. The monoisotopic (exact) mass is 216 g/mol. The summed E-state index contributed by atoms with van der Waals surface area (Å²) in [5.74, 6) is -0.534. The molecule has 1 aliphatic heterocycles. The number of likely N-dealkylation sites (tertiary alicyclic amines) is 1. The van der Waals surface area contributed by atoms with E-state index >= 15 is 0 Å². The van der Waals surface area contributed by atoms with Gasteiger partial charge in [-0.1, -0.05) is 0 Å². The number of aliphatic hydroxyl groups excluding tert-OH is 1. The maximum absolute atomic E-state index is 11.5. The zero-order chi connectivity index (χ0) is 11.3. The Kier molecular flexibility index (Phi) is 4.67. The maximum atomic E-state index is 11.5. The van der Waals surface area contributed by atoms with Gasteiger partial charge in [-0.05, 0) is 6.42 Å². The molecule has 6 heteroatoms. The molecule has 0 saturated carbocycles. The number of nitrogens with two attached hydrogens (primary N) is 1. The smallest absolute Gasteiger partial charge is 0.246 e. The zero-order valence-electron chi connectivity index (χ0n) is 8.52. The summed E-state index contributed by atoms with van der Waals surface area (Å²) in [4.78, 5) is 24.0. The summed E-state index contributed by atoms with van der Waals surface area (Å²) >= 11 is 0. The number of hydrogen-bond donors (Lipinski definition) is 2. The maximum Gasteiger partial charge on any atom is 0.246 e. The molecular formula is C9H16N2O4. The number of nitrogens with zero attached hydrogens (tertiary/aromatic N) is 1. The van der Waals surface area contributed by atoms with Gasteiger partial charge in [-0.25, -0.2) is 0 Å². The Morgan fingerprint density at radius 1 is 1.47 bits per heavy atom. The highest BCUT2D eigenvalue weighted by molar-refractivity contribution is 6.00. The van der Waals surface area contributed by atoms with E-state index in [0.29, 0.717) is 12.8 Å². The van der Waals surface area contributed by atoms with Crippen molar-refractivity contribution in [3.63, 3.8) is 0 Å². The molecule has 1 rings (SSSR count). The van der Waals surface area contributed by atoms with Crippen LogP contribution in [0.2, 0.25) is 0 Å². The van der Waals surface area contributed by atoms with Crippen LogP contribution in [0.5, 0.6) is 0 Å². The van der Waals surface area contributed by atoms with Gasteiger partial charge in [-0.3, -0.25) is 14.5 Å². The average Bonchev–Trinajstić information content (AvgIpc) is 2.23. The van der Waals surface area contributed by atoms with Crippen molar-refractivity contribution in [3.8, 4) is 0 Å². The van der Waals surface area contributed by atoms with Crippen LogP contribution in [-0.2, 0) is 14.3 Å². The summed E-state index contributed by atoms with van der Waals surface area (Å²) in [6.45, 7) is 0.597. The molecule has 6 nitrogen and oxygen atoms in total. The van der Waals surface area contributed by atoms with Gasteiger partial charge in [0, 0.05) is 6.42 Å². The number of aliphatic hydroxyl groups is 1. The van der Waals surface area contributed by atoms with Crippen molar-refractivity contribution in [2.45, 2.75) is 18.9 Å². The SMILES string of the molecule is N[C@@H]1CCC(=O)N(CCOCCO)C1=O. The third-order valence-electron chi connectivity index (χ3n) is 2.25. The number of imide groups is 1. The fourth-order valence-corrected chi connectivity index (χ4v) is 1.42. The van der Waals surface area contributed by atoms with Crippen LogP contribution in [-0.4, -0.2) is 54.2 Å². The third-order valence-corrected chi connectivity index (χ3v) is 2.25. The minimum Gasteiger partial charge on any atom is -0.394 e. The van der Waals surface area contributed by atoms with E-state index in [4.69, 9.17) is 15.6 Å². The van der Waals surface area contributed by atoms with Gasteiger partial charge >= 0.3 is 0 Å². The number of hydrogen-bond acceptors (Lipinski definition) is 5. The van der Waals surface area contributed by atoms with Crippen molar-refractivity contribution < 1.29 is 19.4 Å². The Morgan fingerprint density at radius 3 is 2.87 bits per heavy atom. The van der Waals surface area contributed by atoms with Gasteiger partial charge in [0.25, 0.3) is 0 Å². The molecule has 2 amide bonds. The molecule has 1 aliphatic rings. The van der Waals surface area contributed by atoms with Gasteiger partial charge in [-0.15, -0.1) is 0 Å². The van der Waals surface area contributed by atoms with Gasteiger partial charge in [-0.2, -0.15) is 0 Å². The first kappa shape index (κ1) is 12.1. The van der Waals surface area contributed by atoms with Crippen LogP contribution in [0, 0.1) is 0 Å². The van der Waals surface area contributed by atoms with Crippen LogP contribution in [0.4, 0.5) is 0 Å². The Hall–Kier alpha value is -0.980. The van der Waals surface area contributed by atoms with Gasteiger partial charge in [0.15, 0.2) is 0 Å². The summed E-state index contributed by atoms with van der Waals surface area (Å²) in [7, 11) is 0. The second-order valence-electron chi connectivity index (χ2n) is 3.36. The van der Waals surface area contributed by atoms with Gasteiger partial charge in [0.05, 0.1) is 32.4 Å². The predicted octanol–water partition coefficient (Wildman–Crippen LogP) is -1.53. The molecule has 3 N–H and O–H groups in total. The first-order valence-corrected chi connectivity index (χ1v) is 4.95. The van der Waals surface area contributed by atoms with Crippen LogP contribution in [0.25, 0.3) is 0 Å². The Balaban J connectivity index is 2.36. The van der Waals surface area contributed by atoms with Crippen molar-refractivity contribution in [1.29, 1.82) is 0 Å². The highest BCUT2D eigenvalue weighted by Crippen LogP contribution is 2.10. The molecule has 0 aromatic heterocycles. The van der Waals surface area contributed by atoms with Crippen molar-refractivity contribution in [1.82, 2.24) is 4.90 Å². The normalized spacial score (nSPS) is 22.3. The van der Waals surface area contributed by atoms with Crippen LogP contribution in [0.3, 0.4) is 0 Å². The van der Waals surface area contributed by atoms with Crippen molar-refractivity contribution in [3.05, 3.63) is 0 Å². The second-order valence-corrected chi connectivity index (χ2v) is 3.36. The molecule has 0 aromatic carbocycles. The molecule has 0 unspecified atom stereocenters. The minimum atomic E-state index is -0.569. The van der Waals surface area contributed by atoms with Crippen LogP contribution >= 0.6 is 0 Å². The van der Waals surface area contributed by atoms with E-state index in [-0.39, 0.29) is 38.2 Å². The largest absolute Gasteiger partial charge is 0.394 e. The highest BCUT2D eigenvalue weighted by atomic mass is 16.5. The number of amides is 2. The van der Waals surface area contributed by atoms with E-state index in [1.165, 1.54) is 0 Å². The molecule has 0 bridgehead atoms. The average molecular weight is 216 g/mol. The van der Waals surface area contributed by atoms with Crippen LogP contribution in [0.15, 0.2) is 0 Å². The van der Waals surface area contributed by atoms with Crippen molar-refractivity contribution >= 4 is 11.8 Å². The summed E-state index contributed by atoms with van der Waals surface area (Å²) in [5.41, 5.74) is 5.54. The number of ether oxygens (including phenoxy) is 1. The lowest BCUT2D eigenvalue weighted by Gasteiger charge is -2.28. The Bertz CT molecular complexity index is 244. The third kappa shape index (κ3) is 3.26. The summed E-state index contributed by atoms with van der Waals surface area (Å²) in [5, 5.41) is 8.46. The Morgan fingerprint density at radius 2 is 2.20 bits per heavy atom. The lowest BCUT2D eigenvalue weighted by molar-refractivity contribution is -0.150. The topological polar surface area (TPSA) is 92.9 Å². The molecule has 0 aliphatic carbocycles. The Labute approximate surface area is 88.0 Å². The summed E-state index contributed by atoms with van der Waals surface area (Å²) in [6, 6.07) is -0.569. The van der Waals surface area contributed by atoms with E-state index < -0.39 is 6.04 Å². The molecule has 1 fully saturated rings. The summed E-state index contributed by atoms with van der Waals surface area (Å²) < 4.78 is 4.98. The number of carbonyl (C=O) groups is 2. The predicted molar refractivity (Wildman–Crippen MR) is 51.8 cm³/mol. The molecule has 0 spiro atoms. The van der Waals surface area contributed by atoms with E-state index in [1.54, 1.807) is 0 Å². The van der Waals surface area contributed by atoms with Gasteiger partial charge in [0.1, 0.15) is 0 Å². The van der Waals surface area contributed by atoms with Gasteiger partial charge < -0.3 is 15.6 Å². The molecule has 86 valence electrons.